The van der Waals surface area contributed by atoms with Crippen molar-refractivity contribution in [2.75, 3.05) is 26.7 Å². The molecule has 2 N–H and O–H groups in total. The van der Waals surface area contributed by atoms with E-state index in [0.717, 1.165) is 25.0 Å². The number of halogens is 1. The van der Waals surface area contributed by atoms with Crippen LogP contribution in [-0.4, -0.2) is 69.6 Å². The minimum atomic E-state index is -0.867. The summed E-state index contributed by atoms with van der Waals surface area (Å²) in [5, 5.41) is 11.7. The zero-order chi connectivity index (χ0) is 22.4. The third-order valence-corrected chi connectivity index (χ3v) is 5.52. The summed E-state index contributed by atoms with van der Waals surface area (Å²) in [6.45, 7) is 4.10. The van der Waals surface area contributed by atoms with Gasteiger partial charge in [-0.05, 0) is 38.4 Å². The van der Waals surface area contributed by atoms with Crippen LogP contribution >= 0.6 is 0 Å². The molecule has 1 aliphatic heterocycles. The van der Waals surface area contributed by atoms with Crippen molar-refractivity contribution in [2.24, 2.45) is 0 Å². The molecule has 1 saturated heterocycles. The van der Waals surface area contributed by atoms with Crippen LogP contribution in [0, 0.1) is 5.82 Å². The Morgan fingerprint density at radius 2 is 2.00 bits per heavy atom. The van der Waals surface area contributed by atoms with Gasteiger partial charge in [-0.3, -0.25) is 19.7 Å². The maximum absolute atomic E-state index is 14.4. The van der Waals surface area contributed by atoms with Crippen LogP contribution in [0.2, 0.25) is 0 Å². The SMILES string of the molecule is CCCNC(=O)c1ccc(-c2cnc(CN(C)C3CCN(C(=O)O)CC3)cn2)cc1F. The molecule has 1 aromatic heterocycles. The van der Waals surface area contributed by atoms with Crippen molar-refractivity contribution in [1.82, 2.24) is 25.1 Å². The summed E-state index contributed by atoms with van der Waals surface area (Å²) in [5.41, 5.74) is 1.87. The predicted octanol–water partition coefficient (Wildman–Crippen LogP) is 3.00. The first kappa shape index (κ1) is 22.6. The minimum Gasteiger partial charge on any atom is -0.465 e. The Morgan fingerprint density at radius 3 is 2.58 bits per heavy atom. The number of carbonyl (C=O) groups is 2. The lowest BCUT2D eigenvalue weighted by Gasteiger charge is -2.35. The van der Waals surface area contributed by atoms with Gasteiger partial charge in [0.05, 0.1) is 29.3 Å². The van der Waals surface area contributed by atoms with Gasteiger partial charge in [-0.15, -0.1) is 0 Å². The highest BCUT2D eigenvalue weighted by molar-refractivity contribution is 5.94. The molecule has 2 heterocycles. The average Bonchev–Trinajstić information content (AvgIpc) is 2.78. The number of carbonyl (C=O) groups excluding carboxylic acids is 1. The molecule has 0 radical (unpaired) electrons. The van der Waals surface area contributed by atoms with Crippen molar-refractivity contribution < 1.29 is 19.1 Å². The van der Waals surface area contributed by atoms with Crippen LogP contribution in [0.3, 0.4) is 0 Å². The maximum Gasteiger partial charge on any atom is 0.407 e. The molecule has 2 amide bonds. The lowest BCUT2D eigenvalue weighted by atomic mass is 10.0. The largest absolute Gasteiger partial charge is 0.465 e. The van der Waals surface area contributed by atoms with Crippen molar-refractivity contribution in [3.05, 3.63) is 47.7 Å². The third-order valence-electron chi connectivity index (χ3n) is 5.52. The minimum absolute atomic E-state index is 0.0114. The van der Waals surface area contributed by atoms with E-state index >= 15 is 0 Å². The summed E-state index contributed by atoms with van der Waals surface area (Å²) in [6, 6.07) is 4.71. The lowest BCUT2D eigenvalue weighted by molar-refractivity contribution is 0.0949. The molecule has 0 aliphatic carbocycles. The van der Waals surface area contributed by atoms with E-state index in [1.54, 1.807) is 18.5 Å². The van der Waals surface area contributed by atoms with Crippen molar-refractivity contribution in [1.29, 1.82) is 0 Å². The Morgan fingerprint density at radius 1 is 1.26 bits per heavy atom. The number of rotatable bonds is 7. The first-order chi connectivity index (χ1) is 14.9. The molecular weight excluding hydrogens is 401 g/mol. The smallest absolute Gasteiger partial charge is 0.407 e. The second kappa shape index (κ2) is 10.3. The molecule has 8 nitrogen and oxygen atoms in total. The standard InChI is InChI=1S/C22H28FN5O3/c1-3-8-24-21(29)18-5-4-15(11-19(18)23)20-13-25-16(12-26-20)14-27(2)17-6-9-28(10-7-17)22(30)31/h4-5,11-13,17H,3,6-10,14H2,1-2H3,(H,24,29)(H,30,31). The summed E-state index contributed by atoms with van der Waals surface area (Å²) >= 11 is 0. The number of likely N-dealkylation sites (tertiary alicyclic amines) is 1. The van der Waals surface area contributed by atoms with E-state index in [1.807, 2.05) is 14.0 Å². The van der Waals surface area contributed by atoms with Gasteiger partial charge in [-0.2, -0.15) is 0 Å². The maximum atomic E-state index is 14.4. The van der Waals surface area contributed by atoms with E-state index in [1.165, 1.54) is 17.0 Å². The van der Waals surface area contributed by atoms with Crippen LogP contribution in [0.25, 0.3) is 11.3 Å². The first-order valence-electron chi connectivity index (χ1n) is 10.5. The normalized spacial score (nSPS) is 14.6. The highest BCUT2D eigenvalue weighted by atomic mass is 19.1. The molecular formula is C22H28FN5O3. The lowest BCUT2D eigenvalue weighted by Crippen LogP contribution is -2.44. The molecule has 2 aromatic rings. The number of aromatic nitrogens is 2. The fourth-order valence-corrected chi connectivity index (χ4v) is 3.66. The van der Waals surface area contributed by atoms with Gasteiger partial charge in [0.25, 0.3) is 5.91 Å². The molecule has 31 heavy (non-hydrogen) atoms. The summed E-state index contributed by atoms with van der Waals surface area (Å²) < 4.78 is 14.4. The van der Waals surface area contributed by atoms with Crippen LogP contribution in [0.5, 0.6) is 0 Å². The number of carboxylic acid groups (broad SMARTS) is 1. The molecule has 166 valence electrons. The van der Waals surface area contributed by atoms with Crippen molar-refractivity contribution in [3.63, 3.8) is 0 Å². The van der Waals surface area contributed by atoms with E-state index in [2.05, 4.69) is 20.2 Å². The van der Waals surface area contributed by atoms with Gasteiger partial charge in [0, 0.05) is 37.8 Å². The topological polar surface area (TPSA) is 98.7 Å². The average molecular weight is 429 g/mol. The number of hydrogen-bond donors (Lipinski definition) is 2. The van der Waals surface area contributed by atoms with Crippen LogP contribution in [0.15, 0.2) is 30.6 Å². The van der Waals surface area contributed by atoms with Gasteiger partial charge in [-0.25, -0.2) is 9.18 Å². The second-order valence-corrected chi connectivity index (χ2v) is 7.76. The molecule has 0 saturated carbocycles. The highest BCUT2D eigenvalue weighted by Crippen LogP contribution is 2.21. The molecule has 9 heteroatoms. The monoisotopic (exact) mass is 429 g/mol. The van der Waals surface area contributed by atoms with Crippen LogP contribution in [-0.2, 0) is 6.54 Å². The number of hydrogen-bond acceptors (Lipinski definition) is 5. The van der Waals surface area contributed by atoms with Gasteiger partial charge >= 0.3 is 6.09 Å². The Kier molecular flexibility index (Phi) is 7.51. The van der Waals surface area contributed by atoms with Crippen LogP contribution in [0.4, 0.5) is 9.18 Å². The van der Waals surface area contributed by atoms with Crippen LogP contribution in [0.1, 0.15) is 42.2 Å². The predicted molar refractivity (Wildman–Crippen MR) is 114 cm³/mol. The van der Waals surface area contributed by atoms with Gasteiger partial charge in [-0.1, -0.05) is 13.0 Å². The zero-order valence-corrected chi connectivity index (χ0v) is 17.8. The quantitative estimate of drug-likeness (QED) is 0.702. The fraction of sp³-hybridized carbons (Fsp3) is 0.455. The van der Waals surface area contributed by atoms with Gasteiger partial charge in [0.2, 0.25) is 0 Å². The fourth-order valence-electron chi connectivity index (χ4n) is 3.66. The van der Waals surface area contributed by atoms with Gasteiger partial charge in [0.1, 0.15) is 5.82 Å². The molecule has 3 rings (SSSR count). The summed E-state index contributed by atoms with van der Waals surface area (Å²) in [5.74, 6) is -1.02. The number of nitrogens with one attached hydrogen (secondary N) is 1. The molecule has 1 aliphatic rings. The zero-order valence-electron chi connectivity index (χ0n) is 17.8. The first-order valence-corrected chi connectivity index (χ1v) is 10.5. The molecule has 0 bridgehead atoms. The Bertz CT molecular complexity index is 914. The van der Waals surface area contributed by atoms with Gasteiger partial charge in [0.15, 0.2) is 0 Å². The number of benzene rings is 1. The highest BCUT2D eigenvalue weighted by Gasteiger charge is 2.25. The molecule has 0 atom stereocenters. The van der Waals surface area contributed by atoms with E-state index in [0.29, 0.717) is 37.4 Å². The van der Waals surface area contributed by atoms with E-state index in [4.69, 9.17) is 5.11 Å². The summed E-state index contributed by atoms with van der Waals surface area (Å²) in [4.78, 5) is 35.5. The summed E-state index contributed by atoms with van der Waals surface area (Å²) in [6.07, 6.45) is 4.75. The molecule has 0 unspecified atom stereocenters. The summed E-state index contributed by atoms with van der Waals surface area (Å²) in [7, 11) is 1.99. The number of amides is 2. The molecule has 0 spiro atoms. The Labute approximate surface area is 181 Å². The van der Waals surface area contributed by atoms with E-state index in [-0.39, 0.29) is 11.6 Å². The van der Waals surface area contributed by atoms with Crippen LogP contribution < -0.4 is 5.32 Å². The van der Waals surface area contributed by atoms with Crippen molar-refractivity contribution in [3.8, 4) is 11.3 Å². The number of nitrogens with zero attached hydrogens (tertiary/aromatic N) is 4. The van der Waals surface area contributed by atoms with Crippen molar-refractivity contribution >= 4 is 12.0 Å². The Balaban J connectivity index is 1.60. The Hall–Kier alpha value is -3.07. The third kappa shape index (κ3) is 5.75. The van der Waals surface area contributed by atoms with Gasteiger partial charge < -0.3 is 15.3 Å². The van der Waals surface area contributed by atoms with E-state index in [9.17, 15) is 14.0 Å². The second-order valence-electron chi connectivity index (χ2n) is 7.76. The van der Waals surface area contributed by atoms with Crippen molar-refractivity contribution in [2.45, 2.75) is 38.8 Å². The molecule has 1 fully saturated rings. The molecule has 1 aromatic carbocycles. The van der Waals surface area contributed by atoms with E-state index < -0.39 is 17.8 Å². The number of piperidine rings is 1.